The molecule has 0 aliphatic rings. The molecule has 9 nitrogen and oxygen atoms in total. The van der Waals surface area contributed by atoms with Crippen LogP contribution in [-0.2, 0) is 19.6 Å². The zero-order valence-electron chi connectivity index (χ0n) is 18.8. The number of rotatable bonds is 8. The van der Waals surface area contributed by atoms with E-state index in [1.54, 1.807) is 13.3 Å². The van der Waals surface area contributed by atoms with E-state index in [1.165, 1.54) is 0 Å². The molecule has 0 saturated carbocycles. The number of pyridine rings is 2. The van der Waals surface area contributed by atoms with Gasteiger partial charge in [0.25, 0.3) is 0 Å². The molecule has 0 aliphatic carbocycles. The van der Waals surface area contributed by atoms with Crippen molar-refractivity contribution < 1.29 is 4.74 Å². The van der Waals surface area contributed by atoms with Crippen LogP contribution in [0.3, 0.4) is 0 Å². The van der Waals surface area contributed by atoms with Crippen molar-refractivity contribution in [1.29, 1.82) is 0 Å². The average molecular weight is 475 g/mol. The number of halogens is 1. The van der Waals surface area contributed by atoms with Crippen molar-refractivity contribution in [3.8, 4) is 5.75 Å². The van der Waals surface area contributed by atoms with Crippen LogP contribution < -0.4 is 15.4 Å². The zero-order valence-corrected chi connectivity index (χ0v) is 19.5. The van der Waals surface area contributed by atoms with Gasteiger partial charge in [0.2, 0.25) is 0 Å². The Morgan fingerprint density at radius 2 is 1.82 bits per heavy atom. The molecule has 0 bridgehead atoms. The number of anilines is 2. The summed E-state index contributed by atoms with van der Waals surface area (Å²) in [5, 5.41) is 23.4. The molecule has 0 aliphatic heterocycles. The minimum Gasteiger partial charge on any atom is -0.495 e. The fraction of sp³-hybridized carbons (Fsp3) is 0.208. The van der Waals surface area contributed by atoms with Crippen LogP contribution in [0.15, 0.2) is 55.0 Å². The van der Waals surface area contributed by atoms with Crippen molar-refractivity contribution in [2.75, 3.05) is 17.7 Å². The Hall–Kier alpha value is -3.98. The van der Waals surface area contributed by atoms with E-state index in [0.717, 1.165) is 39.6 Å². The first kappa shape index (κ1) is 21.8. The summed E-state index contributed by atoms with van der Waals surface area (Å²) in [5.74, 6) is 1.92. The number of aromatic nitrogens is 6. The van der Waals surface area contributed by atoms with Crippen LogP contribution in [0.5, 0.6) is 5.75 Å². The normalized spacial score (nSPS) is 11.1. The number of aryl methyl sites for hydroxylation is 1. The first-order chi connectivity index (χ1) is 16.7. The first-order valence-corrected chi connectivity index (χ1v) is 11.3. The van der Waals surface area contributed by atoms with E-state index in [4.69, 9.17) is 16.3 Å². The van der Waals surface area contributed by atoms with Crippen molar-refractivity contribution in [2.45, 2.75) is 26.6 Å². The molecule has 172 valence electrons. The van der Waals surface area contributed by atoms with Gasteiger partial charge in [0.1, 0.15) is 5.75 Å². The highest BCUT2D eigenvalue weighted by molar-refractivity contribution is 6.32. The Labute approximate surface area is 201 Å². The van der Waals surface area contributed by atoms with Gasteiger partial charge in [-0.05, 0) is 36.8 Å². The Morgan fingerprint density at radius 1 is 0.971 bits per heavy atom. The largest absolute Gasteiger partial charge is 0.495 e. The predicted molar refractivity (Wildman–Crippen MR) is 133 cm³/mol. The summed E-state index contributed by atoms with van der Waals surface area (Å²) >= 11 is 6.30. The molecule has 0 radical (unpaired) electrons. The van der Waals surface area contributed by atoms with E-state index in [-0.39, 0.29) is 0 Å². The lowest BCUT2D eigenvalue weighted by molar-refractivity contribution is 0.415. The van der Waals surface area contributed by atoms with Crippen LogP contribution >= 0.6 is 11.6 Å². The zero-order chi connectivity index (χ0) is 23.5. The summed E-state index contributed by atoms with van der Waals surface area (Å²) in [5.41, 5.74) is 2.70. The van der Waals surface area contributed by atoms with Gasteiger partial charge in [0.15, 0.2) is 17.3 Å². The molecule has 0 saturated heterocycles. The number of nitrogens with one attached hydrogen (secondary N) is 2. The molecule has 0 amide bonds. The molecule has 5 rings (SSSR count). The van der Waals surface area contributed by atoms with Gasteiger partial charge < -0.3 is 15.4 Å². The molecule has 4 heterocycles. The SMILES string of the molecule is CCn1ncc2c3c(NCc4ccc(OC)c(Cl)c4)nnc(NCc4ccccn4)c3cnc21. The number of ether oxygens (including phenoxy) is 1. The molecule has 2 N–H and O–H groups in total. The van der Waals surface area contributed by atoms with Crippen LogP contribution in [0.4, 0.5) is 11.6 Å². The van der Waals surface area contributed by atoms with Gasteiger partial charge in [-0.2, -0.15) is 5.10 Å². The lowest BCUT2D eigenvalue weighted by Crippen LogP contribution is -2.08. The minimum atomic E-state index is 0.514. The Balaban J connectivity index is 1.53. The van der Waals surface area contributed by atoms with Crippen molar-refractivity contribution in [2.24, 2.45) is 0 Å². The Bertz CT molecular complexity index is 1450. The fourth-order valence-electron chi connectivity index (χ4n) is 3.83. The molecule has 10 heteroatoms. The van der Waals surface area contributed by atoms with E-state index in [2.05, 4.69) is 35.9 Å². The maximum Gasteiger partial charge on any atom is 0.158 e. The van der Waals surface area contributed by atoms with Crippen molar-refractivity contribution >= 4 is 45.0 Å². The number of hydrogen-bond donors (Lipinski definition) is 2. The molecule has 5 aromatic rings. The average Bonchev–Trinajstić information content (AvgIpc) is 3.30. The summed E-state index contributed by atoms with van der Waals surface area (Å²) in [4.78, 5) is 9.03. The minimum absolute atomic E-state index is 0.514. The molecule has 0 atom stereocenters. The highest BCUT2D eigenvalue weighted by Crippen LogP contribution is 2.33. The number of nitrogens with zero attached hydrogens (tertiary/aromatic N) is 6. The van der Waals surface area contributed by atoms with E-state index in [1.807, 2.05) is 60.4 Å². The van der Waals surface area contributed by atoms with Gasteiger partial charge in [-0.25, -0.2) is 9.67 Å². The Morgan fingerprint density at radius 3 is 2.59 bits per heavy atom. The standard InChI is InChI=1S/C24H23ClN8O/c1-3-33-24-18(14-30-33)21-17(13-29-24)22(28-12-16-6-4-5-9-26-16)31-32-23(21)27-11-15-7-8-20(34-2)19(25)10-15/h4-10,13-14H,3,11-12H2,1-2H3,(H,27,32)(H,28,31). The lowest BCUT2D eigenvalue weighted by atomic mass is 10.1. The monoisotopic (exact) mass is 474 g/mol. The van der Waals surface area contributed by atoms with Crippen LogP contribution in [0, 0.1) is 0 Å². The third kappa shape index (κ3) is 4.17. The number of fused-ring (bicyclic) bond motifs is 3. The summed E-state index contributed by atoms with van der Waals surface area (Å²) in [6.07, 6.45) is 5.41. The summed E-state index contributed by atoms with van der Waals surface area (Å²) in [6, 6.07) is 11.5. The molecule has 0 fully saturated rings. The van der Waals surface area contributed by atoms with Crippen molar-refractivity contribution in [1.82, 2.24) is 29.9 Å². The van der Waals surface area contributed by atoms with Crippen LogP contribution in [0.2, 0.25) is 5.02 Å². The second-order valence-electron chi connectivity index (χ2n) is 7.64. The molecular formula is C24H23ClN8O. The second-order valence-corrected chi connectivity index (χ2v) is 8.05. The van der Waals surface area contributed by atoms with Crippen molar-refractivity contribution in [3.63, 3.8) is 0 Å². The van der Waals surface area contributed by atoms with E-state index < -0.39 is 0 Å². The predicted octanol–water partition coefficient (Wildman–Crippen LogP) is 4.68. The van der Waals surface area contributed by atoms with Crippen LogP contribution in [-0.4, -0.2) is 37.1 Å². The molecule has 0 unspecified atom stereocenters. The molecule has 0 spiro atoms. The Kier molecular flexibility index (Phi) is 6.09. The topological polar surface area (TPSA) is 103 Å². The summed E-state index contributed by atoms with van der Waals surface area (Å²) in [7, 11) is 1.60. The van der Waals surface area contributed by atoms with Gasteiger partial charge in [-0.15, -0.1) is 10.2 Å². The molecule has 1 aromatic carbocycles. The molecule has 34 heavy (non-hydrogen) atoms. The van der Waals surface area contributed by atoms with E-state index in [0.29, 0.717) is 35.5 Å². The van der Waals surface area contributed by atoms with Crippen LogP contribution in [0.1, 0.15) is 18.2 Å². The second kappa shape index (κ2) is 9.48. The third-order valence-electron chi connectivity index (χ3n) is 5.55. The molecule has 4 aromatic heterocycles. The summed E-state index contributed by atoms with van der Waals surface area (Å²) < 4.78 is 7.11. The van der Waals surface area contributed by atoms with Crippen LogP contribution in [0.25, 0.3) is 21.8 Å². The van der Waals surface area contributed by atoms with Gasteiger partial charge in [-0.3, -0.25) is 4.98 Å². The smallest absolute Gasteiger partial charge is 0.158 e. The fourth-order valence-corrected chi connectivity index (χ4v) is 4.11. The molecular weight excluding hydrogens is 452 g/mol. The van der Waals surface area contributed by atoms with E-state index >= 15 is 0 Å². The lowest BCUT2D eigenvalue weighted by Gasteiger charge is -2.13. The van der Waals surface area contributed by atoms with Gasteiger partial charge in [0, 0.05) is 36.3 Å². The maximum absolute atomic E-state index is 6.30. The first-order valence-electron chi connectivity index (χ1n) is 10.9. The summed E-state index contributed by atoms with van der Waals surface area (Å²) in [6.45, 7) is 3.79. The maximum atomic E-state index is 6.30. The van der Waals surface area contributed by atoms with Crippen molar-refractivity contribution in [3.05, 3.63) is 71.3 Å². The number of benzene rings is 1. The quantitative estimate of drug-likeness (QED) is 0.334. The number of methoxy groups -OCH3 is 1. The van der Waals surface area contributed by atoms with Gasteiger partial charge >= 0.3 is 0 Å². The third-order valence-corrected chi connectivity index (χ3v) is 5.84. The highest BCUT2D eigenvalue weighted by atomic mass is 35.5. The van der Waals surface area contributed by atoms with E-state index in [9.17, 15) is 0 Å². The number of hydrogen-bond acceptors (Lipinski definition) is 8. The van der Waals surface area contributed by atoms with Gasteiger partial charge in [-0.1, -0.05) is 23.7 Å². The highest BCUT2D eigenvalue weighted by Gasteiger charge is 2.16. The van der Waals surface area contributed by atoms with Gasteiger partial charge in [0.05, 0.1) is 36.0 Å².